The summed E-state index contributed by atoms with van der Waals surface area (Å²) >= 11 is 5.93. The number of benzene rings is 2. The van der Waals surface area contributed by atoms with Crippen molar-refractivity contribution in [3.63, 3.8) is 0 Å². The fourth-order valence-corrected chi connectivity index (χ4v) is 3.80. The summed E-state index contributed by atoms with van der Waals surface area (Å²) in [6, 6.07) is 8.62. The minimum absolute atomic E-state index is 0.0642. The van der Waals surface area contributed by atoms with Gasteiger partial charge < -0.3 is 10.1 Å². The largest absolute Gasteiger partial charge is 0.496 e. The van der Waals surface area contributed by atoms with Gasteiger partial charge in [-0.05, 0) is 62.2 Å². The average molecular weight is 397 g/mol. The molecule has 0 bridgehead atoms. The summed E-state index contributed by atoms with van der Waals surface area (Å²) in [5.41, 5.74) is 2.04. The molecule has 0 aliphatic carbocycles. The van der Waals surface area contributed by atoms with Gasteiger partial charge in [-0.2, -0.15) is 4.72 Å². The molecule has 2 N–H and O–H groups in total. The molecule has 1 atom stereocenters. The van der Waals surface area contributed by atoms with Crippen LogP contribution >= 0.6 is 11.6 Å². The molecule has 26 heavy (non-hydrogen) atoms. The molecule has 8 heteroatoms. The lowest BCUT2D eigenvalue weighted by Crippen LogP contribution is -2.41. The van der Waals surface area contributed by atoms with Crippen LogP contribution in [-0.4, -0.2) is 27.5 Å². The Morgan fingerprint density at radius 1 is 1.12 bits per heavy atom. The van der Waals surface area contributed by atoms with Crippen molar-refractivity contribution in [1.29, 1.82) is 0 Å². The molecule has 0 unspecified atom stereocenters. The van der Waals surface area contributed by atoms with E-state index >= 15 is 0 Å². The van der Waals surface area contributed by atoms with E-state index in [-0.39, 0.29) is 4.90 Å². The topological polar surface area (TPSA) is 84.5 Å². The average Bonchev–Trinajstić information content (AvgIpc) is 2.57. The number of hydrogen-bond acceptors (Lipinski definition) is 4. The van der Waals surface area contributed by atoms with Gasteiger partial charge in [-0.1, -0.05) is 17.7 Å². The zero-order valence-electron chi connectivity index (χ0n) is 15.0. The fourth-order valence-electron chi connectivity index (χ4n) is 2.34. The molecular formula is C18H21ClN2O4S. The van der Waals surface area contributed by atoms with E-state index < -0.39 is 22.0 Å². The van der Waals surface area contributed by atoms with Crippen molar-refractivity contribution in [3.8, 4) is 5.75 Å². The number of carbonyl (C=O) groups excluding carboxylic acids is 1. The zero-order chi connectivity index (χ0) is 19.5. The third-order valence-corrected chi connectivity index (χ3v) is 5.63. The Morgan fingerprint density at radius 3 is 2.42 bits per heavy atom. The van der Waals surface area contributed by atoms with Crippen molar-refractivity contribution in [2.45, 2.75) is 31.7 Å². The second-order valence-corrected chi connectivity index (χ2v) is 8.07. The lowest BCUT2D eigenvalue weighted by Gasteiger charge is -2.16. The Kier molecular flexibility index (Phi) is 6.28. The molecular weight excluding hydrogens is 376 g/mol. The summed E-state index contributed by atoms with van der Waals surface area (Å²) in [7, 11) is -2.34. The number of halogens is 1. The molecule has 0 saturated heterocycles. The number of aryl methyl sites for hydroxylation is 2. The molecule has 2 aromatic rings. The lowest BCUT2D eigenvalue weighted by atomic mass is 10.2. The highest BCUT2D eigenvalue weighted by atomic mass is 35.5. The lowest BCUT2D eigenvalue weighted by molar-refractivity contribution is -0.117. The van der Waals surface area contributed by atoms with Crippen LogP contribution in [0.15, 0.2) is 41.3 Å². The molecule has 2 aromatic carbocycles. The van der Waals surface area contributed by atoms with Crippen LogP contribution in [-0.2, 0) is 14.8 Å². The molecule has 0 saturated carbocycles. The third-order valence-electron chi connectivity index (χ3n) is 3.86. The summed E-state index contributed by atoms with van der Waals surface area (Å²) in [5, 5.41) is 3.16. The summed E-state index contributed by atoms with van der Waals surface area (Å²) in [6.07, 6.45) is 0. The Hall–Kier alpha value is -2.09. The number of methoxy groups -OCH3 is 1. The van der Waals surface area contributed by atoms with Crippen LogP contribution in [0.2, 0.25) is 5.02 Å². The molecule has 6 nitrogen and oxygen atoms in total. The van der Waals surface area contributed by atoms with Gasteiger partial charge in [0.2, 0.25) is 15.9 Å². The van der Waals surface area contributed by atoms with Crippen LogP contribution < -0.4 is 14.8 Å². The van der Waals surface area contributed by atoms with E-state index in [9.17, 15) is 13.2 Å². The maximum atomic E-state index is 12.5. The van der Waals surface area contributed by atoms with Gasteiger partial charge >= 0.3 is 0 Å². The zero-order valence-corrected chi connectivity index (χ0v) is 16.5. The van der Waals surface area contributed by atoms with Gasteiger partial charge in [0.1, 0.15) is 5.75 Å². The minimum Gasteiger partial charge on any atom is -0.496 e. The molecule has 0 heterocycles. The predicted octanol–water partition coefficient (Wildman–Crippen LogP) is 3.27. The number of ether oxygens (including phenoxy) is 1. The fraction of sp³-hybridized carbons (Fsp3) is 0.278. The third kappa shape index (κ3) is 4.75. The van der Waals surface area contributed by atoms with Crippen molar-refractivity contribution < 1.29 is 17.9 Å². The molecule has 0 spiro atoms. The first kappa shape index (κ1) is 20.2. The van der Waals surface area contributed by atoms with Crippen molar-refractivity contribution in [2.24, 2.45) is 0 Å². The highest BCUT2D eigenvalue weighted by Gasteiger charge is 2.23. The first-order valence-corrected chi connectivity index (χ1v) is 9.74. The van der Waals surface area contributed by atoms with Gasteiger partial charge in [-0.25, -0.2) is 8.42 Å². The van der Waals surface area contributed by atoms with Crippen molar-refractivity contribution in [1.82, 2.24) is 4.72 Å². The predicted molar refractivity (Wildman–Crippen MR) is 102 cm³/mol. The first-order chi connectivity index (χ1) is 12.1. The summed E-state index contributed by atoms with van der Waals surface area (Å²) < 4.78 is 32.5. The van der Waals surface area contributed by atoms with Gasteiger partial charge in [0.15, 0.2) is 0 Å². The van der Waals surface area contributed by atoms with E-state index in [0.717, 1.165) is 5.56 Å². The maximum absolute atomic E-state index is 12.5. The maximum Gasteiger partial charge on any atom is 0.242 e. The number of hydrogen-bond donors (Lipinski definition) is 2. The molecule has 140 valence electrons. The van der Waals surface area contributed by atoms with E-state index in [1.165, 1.54) is 26.2 Å². The second-order valence-electron chi connectivity index (χ2n) is 5.92. The number of amides is 1. The van der Waals surface area contributed by atoms with Crippen LogP contribution in [0.3, 0.4) is 0 Å². The highest BCUT2D eigenvalue weighted by Crippen LogP contribution is 2.22. The standard InChI is InChI=1S/C18H21ClN2O4S/c1-11-5-6-14(19)10-16(11)20-18(22)13(3)21-26(23,24)15-7-8-17(25-4)12(2)9-15/h5-10,13,21H,1-4H3,(H,20,22)/t13-/m1/s1. The summed E-state index contributed by atoms with van der Waals surface area (Å²) in [5.74, 6) is 0.107. The molecule has 0 aliphatic heterocycles. The normalized spacial score (nSPS) is 12.5. The van der Waals surface area contributed by atoms with Crippen LogP contribution in [0.4, 0.5) is 5.69 Å². The van der Waals surface area contributed by atoms with Gasteiger partial charge in [0, 0.05) is 10.7 Å². The Morgan fingerprint density at radius 2 is 1.81 bits per heavy atom. The smallest absolute Gasteiger partial charge is 0.242 e. The molecule has 2 rings (SSSR count). The quantitative estimate of drug-likeness (QED) is 0.784. The Balaban J connectivity index is 2.14. The van der Waals surface area contributed by atoms with Crippen molar-refractivity contribution in [2.75, 3.05) is 12.4 Å². The summed E-state index contributed by atoms with van der Waals surface area (Å²) in [6.45, 7) is 5.04. The number of anilines is 1. The molecule has 1 amide bonds. The molecule has 0 radical (unpaired) electrons. The first-order valence-electron chi connectivity index (χ1n) is 7.88. The van der Waals surface area contributed by atoms with E-state index in [4.69, 9.17) is 16.3 Å². The van der Waals surface area contributed by atoms with E-state index in [1.54, 1.807) is 31.2 Å². The SMILES string of the molecule is COc1ccc(S(=O)(=O)N[C@H](C)C(=O)Nc2cc(Cl)ccc2C)cc1C. The van der Waals surface area contributed by atoms with Crippen LogP contribution in [0.5, 0.6) is 5.75 Å². The van der Waals surface area contributed by atoms with Crippen LogP contribution in [0.25, 0.3) is 0 Å². The van der Waals surface area contributed by atoms with Crippen LogP contribution in [0.1, 0.15) is 18.1 Å². The number of carbonyl (C=O) groups is 1. The van der Waals surface area contributed by atoms with Crippen LogP contribution in [0, 0.1) is 13.8 Å². The highest BCUT2D eigenvalue weighted by molar-refractivity contribution is 7.89. The van der Waals surface area contributed by atoms with E-state index in [1.807, 2.05) is 6.92 Å². The number of rotatable bonds is 6. The van der Waals surface area contributed by atoms with Crippen molar-refractivity contribution in [3.05, 3.63) is 52.5 Å². The van der Waals surface area contributed by atoms with Gasteiger partial charge in [-0.3, -0.25) is 4.79 Å². The number of sulfonamides is 1. The minimum atomic E-state index is -3.86. The van der Waals surface area contributed by atoms with Gasteiger partial charge in [0.25, 0.3) is 0 Å². The summed E-state index contributed by atoms with van der Waals surface area (Å²) in [4.78, 5) is 12.4. The van der Waals surface area contributed by atoms with Gasteiger partial charge in [-0.15, -0.1) is 0 Å². The van der Waals surface area contributed by atoms with E-state index in [2.05, 4.69) is 10.0 Å². The monoisotopic (exact) mass is 396 g/mol. The number of nitrogens with one attached hydrogen (secondary N) is 2. The molecule has 0 aliphatic rings. The Bertz CT molecular complexity index is 929. The molecule has 0 aromatic heterocycles. The van der Waals surface area contributed by atoms with Gasteiger partial charge in [0.05, 0.1) is 18.0 Å². The Labute approximate surface area is 158 Å². The second kappa shape index (κ2) is 8.07. The van der Waals surface area contributed by atoms with Crippen molar-refractivity contribution >= 4 is 33.2 Å². The molecule has 0 fully saturated rings. The van der Waals surface area contributed by atoms with E-state index in [0.29, 0.717) is 22.0 Å².